The van der Waals surface area contributed by atoms with Crippen LogP contribution in [-0.2, 0) is 19.1 Å². The Kier molecular flexibility index (Phi) is 8.26. The Morgan fingerprint density at radius 1 is 1.07 bits per heavy atom. The molecule has 1 aliphatic carbocycles. The molecule has 0 N–H and O–H groups in total. The van der Waals surface area contributed by atoms with E-state index in [1.807, 2.05) is 32.1 Å². The first-order valence-electron chi connectivity index (χ1n) is 9.62. The third-order valence-corrected chi connectivity index (χ3v) is 4.14. The van der Waals surface area contributed by atoms with Gasteiger partial charge in [-0.15, -0.1) is 0 Å². The molecule has 0 atom stereocenters. The topological polar surface area (TPSA) is 52.6 Å². The van der Waals surface area contributed by atoms with Gasteiger partial charge in [0.1, 0.15) is 0 Å². The molecule has 0 aromatic heterocycles. The van der Waals surface area contributed by atoms with Crippen LogP contribution in [0.25, 0.3) is 0 Å². The van der Waals surface area contributed by atoms with Gasteiger partial charge in [0, 0.05) is 0 Å². The van der Waals surface area contributed by atoms with Crippen molar-refractivity contribution < 1.29 is 19.1 Å². The largest absolute Gasteiger partial charge is 0.465 e. The molecule has 0 aromatic carbocycles. The quantitative estimate of drug-likeness (QED) is 0.467. The highest BCUT2D eigenvalue weighted by molar-refractivity contribution is 6.01. The van der Waals surface area contributed by atoms with Crippen molar-refractivity contribution >= 4 is 11.9 Å². The van der Waals surface area contributed by atoms with Crippen LogP contribution in [-0.4, -0.2) is 25.2 Å². The number of allylic oxidation sites excluding steroid dienone is 8. The van der Waals surface area contributed by atoms with E-state index in [-0.39, 0.29) is 31.5 Å². The van der Waals surface area contributed by atoms with E-state index < -0.39 is 17.4 Å². The van der Waals surface area contributed by atoms with Crippen molar-refractivity contribution in [3.8, 4) is 0 Å². The van der Waals surface area contributed by atoms with E-state index in [2.05, 4.69) is 32.9 Å². The lowest BCUT2D eigenvalue weighted by Crippen LogP contribution is -2.44. The van der Waals surface area contributed by atoms with Crippen molar-refractivity contribution in [3.63, 3.8) is 0 Å². The minimum absolute atomic E-state index is 0.00140. The van der Waals surface area contributed by atoms with Crippen LogP contribution in [0.4, 0.5) is 0 Å². The number of carbonyl (C=O) groups excluding carboxylic acids is 2. The maximum atomic E-state index is 12.8. The summed E-state index contributed by atoms with van der Waals surface area (Å²) in [6.07, 6.45) is 10.7. The summed E-state index contributed by atoms with van der Waals surface area (Å²) in [7, 11) is 0. The molecule has 0 aromatic rings. The number of hydrogen-bond donors (Lipinski definition) is 0. The van der Waals surface area contributed by atoms with Crippen molar-refractivity contribution in [1.82, 2.24) is 0 Å². The highest BCUT2D eigenvalue weighted by Crippen LogP contribution is 2.42. The molecular weight excluding hydrogens is 340 g/mol. The molecule has 0 saturated heterocycles. The lowest BCUT2D eigenvalue weighted by atomic mass is 9.71. The van der Waals surface area contributed by atoms with Crippen LogP contribution < -0.4 is 0 Å². The zero-order chi connectivity index (χ0) is 20.7. The molecule has 0 fully saturated rings. The molecule has 0 aliphatic heterocycles. The third-order valence-electron chi connectivity index (χ3n) is 4.14. The monoisotopic (exact) mass is 374 g/mol. The Balaban J connectivity index is 3.46. The first-order valence-corrected chi connectivity index (χ1v) is 9.62. The van der Waals surface area contributed by atoms with Gasteiger partial charge in [-0.3, -0.25) is 9.59 Å². The number of carbonyl (C=O) groups is 2. The second kappa shape index (κ2) is 9.72. The fourth-order valence-electron chi connectivity index (χ4n) is 2.85. The molecule has 0 bridgehead atoms. The predicted octanol–water partition coefficient (Wildman–Crippen LogP) is 5.31. The van der Waals surface area contributed by atoms with Gasteiger partial charge in [0.2, 0.25) is 0 Å². The zero-order valence-corrected chi connectivity index (χ0v) is 17.8. The molecule has 0 amide bonds. The van der Waals surface area contributed by atoms with E-state index in [1.54, 1.807) is 13.8 Å². The van der Waals surface area contributed by atoms with Crippen LogP contribution in [0, 0.1) is 10.8 Å². The van der Waals surface area contributed by atoms with Crippen molar-refractivity contribution in [2.45, 2.75) is 61.3 Å². The number of ether oxygens (including phenoxy) is 2. The second-order valence-electron chi connectivity index (χ2n) is 8.28. The van der Waals surface area contributed by atoms with Gasteiger partial charge in [-0.25, -0.2) is 0 Å². The van der Waals surface area contributed by atoms with E-state index in [0.717, 1.165) is 16.7 Å². The van der Waals surface area contributed by atoms with Gasteiger partial charge in [-0.2, -0.15) is 0 Å². The lowest BCUT2D eigenvalue weighted by Gasteiger charge is -2.33. The van der Waals surface area contributed by atoms with Crippen molar-refractivity contribution in [2.75, 3.05) is 13.2 Å². The summed E-state index contributed by atoms with van der Waals surface area (Å²) in [6.45, 7) is 14.3. The van der Waals surface area contributed by atoms with E-state index in [4.69, 9.17) is 9.47 Å². The number of esters is 2. The minimum Gasteiger partial charge on any atom is -0.465 e. The molecule has 0 unspecified atom stereocenters. The Morgan fingerprint density at radius 2 is 1.63 bits per heavy atom. The van der Waals surface area contributed by atoms with Gasteiger partial charge >= 0.3 is 11.9 Å². The van der Waals surface area contributed by atoms with Crippen molar-refractivity contribution in [2.24, 2.45) is 10.8 Å². The Morgan fingerprint density at radius 3 is 2.07 bits per heavy atom. The molecule has 0 heterocycles. The lowest BCUT2D eigenvalue weighted by molar-refractivity contribution is -0.172. The van der Waals surface area contributed by atoms with E-state index in [1.165, 1.54) is 0 Å². The van der Waals surface area contributed by atoms with Gasteiger partial charge in [0.15, 0.2) is 5.41 Å². The van der Waals surface area contributed by atoms with Crippen LogP contribution in [0.3, 0.4) is 0 Å². The van der Waals surface area contributed by atoms with Gasteiger partial charge in [0.05, 0.1) is 13.2 Å². The Labute approximate surface area is 164 Å². The SMILES string of the molecule is CCOC(=O)C1(C(=O)OCC)CC(/C=C/C(C)(C)C)=CC(=C/C=C(C)C)/C1. The van der Waals surface area contributed by atoms with Crippen molar-refractivity contribution in [1.29, 1.82) is 0 Å². The molecule has 1 rings (SSSR count). The Bertz CT molecular complexity index is 647. The van der Waals surface area contributed by atoms with Crippen LogP contribution in [0.15, 0.2) is 47.1 Å². The summed E-state index contributed by atoms with van der Waals surface area (Å²) in [6, 6.07) is 0. The molecule has 0 radical (unpaired) electrons. The minimum atomic E-state index is -1.33. The average Bonchev–Trinajstić information content (AvgIpc) is 2.57. The first kappa shape index (κ1) is 22.9. The number of hydrogen-bond acceptors (Lipinski definition) is 4. The fourth-order valence-corrected chi connectivity index (χ4v) is 2.85. The number of rotatable bonds is 6. The smallest absolute Gasteiger partial charge is 0.324 e. The summed E-state index contributed by atoms with van der Waals surface area (Å²) in [5.74, 6) is -1.03. The highest BCUT2D eigenvalue weighted by atomic mass is 16.6. The molecule has 0 saturated carbocycles. The van der Waals surface area contributed by atoms with Gasteiger partial charge in [0.25, 0.3) is 0 Å². The predicted molar refractivity (Wildman–Crippen MR) is 109 cm³/mol. The zero-order valence-electron chi connectivity index (χ0n) is 17.8. The summed E-state index contributed by atoms with van der Waals surface area (Å²) >= 11 is 0. The first-order chi connectivity index (χ1) is 12.5. The van der Waals surface area contributed by atoms with Gasteiger partial charge in [-0.05, 0) is 57.1 Å². The van der Waals surface area contributed by atoms with Crippen LogP contribution in [0.1, 0.15) is 61.3 Å². The molecule has 150 valence electrons. The summed E-state index contributed by atoms with van der Waals surface area (Å²) < 4.78 is 10.6. The molecule has 4 heteroatoms. The van der Waals surface area contributed by atoms with E-state index in [0.29, 0.717) is 0 Å². The summed E-state index contributed by atoms with van der Waals surface area (Å²) in [5.41, 5.74) is 1.65. The van der Waals surface area contributed by atoms with Crippen LogP contribution >= 0.6 is 0 Å². The molecular formula is C23H34O4. The van der Waals surface area contributed by atoms with E-state index >= 15 is 0 Å². The van der Waals surface area contributed by atoms with E-state index in [9.17, 15) is 9.59 Å². The molecule has 0 spiro atoms. The maximum Gasteiger partial charge on any atom is 0.324 e. The standard InChI is InChI=1S/C23H34O4/c1-8-26-20(24)23(21(25)27-9-2)15-18(11-10-17(3)4)14-19(16-23)12-13-22(5,6)7/h10-14H,8-9,15-16H2,1-7H3/b13-12+,18-11-. The van der Waals surface area contributed by atoms with Crippen LogP contribution in [0.2, 0.25) is 0 Å². The third kappa shape index (κ3) is 6.85. The van der Waals surface area contributed by atoms with Gasteiger partial charge in [-0.1, -0.05) is 56.7 Å². The maximum absolute atomic E-state index is 12.8. The highest BCUT2D eigenvalue weighted by Gasteiger charge is 2.50. The molecule has 1 aliphatic rings. The molecule has 27 heavy (non-hydrogen) atoms. The summed E-state index contributed by atoms with van der Waals surface area (Å²) in [5, 5.41) is 0. The summed E-state index contributed by atoms with van der Waals surface area (Å²) in [4.78, 5) is 25.7. The normalized spacial score (nSPS) is 18.2. The Hall–Kier alpha value is -2.10. The fraction of sp³-hybridized carbons (Fsp3) is 0.565. The second-order valence-corrected chi connectivity index (χ2v) is 8.28. The van der Waals surface area contributed by atoms with Gasteiger partial charge < -0.3 is 9.47 Å². The van der Waals surface area contributed by atoms with Crippen molar-refractivity contribution in [3.05, 3.63) is 47.1 Å². The average molecular weight is 375 g/mol. The van der Waals surface area contributed by atoms with Crippen LogP contribution in [0.5, 0.6) is 0 Å². The molecule has 4 nitrogen and oxygen atoms in total.